The zero-order chi connectivity index (χ0) is 12.5. The molecule has 1 aromatic heterocycles. The molecule has 0 saturated heterocycles. The van der Waals surface area contributed by atoms with Crippen LogP contribution in [0.4, 0.5) is 0 Å². The van der Waals surface area contributed by atoms with Crippen LogP contribution in [-0.4, -0.2) is 18.5 Å². The summed E-state index contributed by atoms with van der Waals surface area (Å²) in [7, 11) is 2.07. The van der Waals surface area contributed by atoms with E-state index in [0.717, 1.165) is 34.6 Å². The Kier molecular flexibility index (Phi) is 3.14. The summed E-state index contributed by atoms with van der Waals surface area (Å²) in [6.07, 6.45) is 1.78. The molecule has 0 radical (unpaired) electrons. The van der Waals surface area contributed by atoms with E-state index in [-0.39, 0.29) is 6.10 Å². The van der Waals surface area contributed by atoms with Crippen LogP contribution >= 0.6 is 15.9 Å². The summed E-state index contributed by atoms with van der Waals surface area (Å²) in [5, 5.41) is 0. The summed E-state index contributed by atoms with van der Waals surface area (Å²) >= 11 is 3.42. The molecule has 1 unspecified atom stereocenters. The van der Waals surface area contributed by atoms with Crippen molar-refractivity contribution in [3.63, 3.8) is 0 Å². The number of halogens is 1. The van der Waals surface area contributed by atoms with E-state index in [1.807, 2.05) is 30.3 Å². The van der Waals surface area contributed by atoms with Gasteiger partial charge in [0.25, 0.3) is 0 Å². The quantitative estimate of drug-likeness (QED) is 0.847. The Hall–Kier alpha value is -1.26. The Labute approximate surface area is 114 Å². The van der Waals surface area contributed by atoms with Crippen molar-refractivity contribution in [1.29, 1.82) is 0 Å². The predicted molar refractivity (Wildman–Crippen MR) is 72.6 cm³/mol. The maximum atomic E-state index is 6.04. The van der Waals surface area contributed by atoms with Gasteiger partial charge in [-0.1, -0.05) is 15.9 Å². The molecule has 3 rings (SSSR count). The van der Waals surface area contributed by atoms with Gasteiger partial charge in [0.15, 0.2) is 0 Å². The topological polar surface area (TPSA) is 25.6 Å². The van der Waals surface area contributed by atoms with Crippen molar-refractivity contribution in [2.45, 2.75) is 12.6 Å². The van der Waals surface area contributed by atoms with E-state index in [1.165, 1.54) is 0 Å². The molecule has 18 heavy (non-hydrogen) atoms. The molecule has 2 heterocycles. The summed E-state index contributed by atoms with van der Waals surface area (Å²) < 4.78 is 12.6. The molecule has 0 saturated carbocycles. The maximum absolute atomic E-state index is 6.04. The predicted octanol–water partition coefficient (Wildman–Crippen LogP) is 3.61. The van der Waals surface area contributed by atoms with Gasteiger partial charge in [-0.25, -0.2) is 0 Å². The van der Waals surface area contributed by atoms with E-state index in [0.29, 0.717) is 0 Å². The van der Waals surface area contributed by atoms with E-state index in [1.54, 1.807) is 6.26 Å². The molecule has 0 fully saturated rings. The molecular weight excluding hydrogens is 294 g/mol. The lowest BCUT2D eigenvalue weighted by Crippen LogP contribution is -2.32. The third kappa shape index (κ3) is 2.31. The number of fused-ring (bicyclic) bond motifs is 1. The van der Waals surface area contributed by atoms with E-state index < -0.39 is 0 Å². The fourth-order valence-corrected chi connectivity index (χ4v) is 2.50. The average Bonchev–Trinajstić information content (AvgIpc) is 2.80. The molecule has 94 valence electrons. The first-order valence-corrected chi connectivity index (χ1v) is 6.69. The maximum Gasteiger partial charge on any atom is 0.140 e. The van der Waals surface area contributed by atoms with Crippen LogP contribution in [-0.2, 0) is 6.54 Å². The molecule has 4 heteroatoms. The second kappa shape index (κ2) is 4.78. The van der Waals surface area contributed by atoms with E-state index >= 15 is 0 Å². The lowest BCUT2D eigenvalue weighted by atomic mass is 10.1. The van der Waals surface area contributed by atoms with Crippen molar-refractivity contribution in [3.8, 4) is 5.75 Å². The molecule has 0 N–H and O–H groups in total. The van der Waals surface area contributed by atoms with Gasteiger partial charge >= 0.3 is 0 Å². The third-order valence-corrected chi connectivity index (χ3v) is 3.64. The molecule has 0 spiro atoms. The Morgan fingerprint density at radius 1 is 1.28 bits per heavy atom. The van der Waals surface area contributed by atoms with Crippen molar-refractivity contribution in [2.24, 2.45) is 0 Å². The molecule has 1 aromatic carbocycles. The zero-order valence-corrected chi connectivity index (χ0v) is 11.7. The summed E-state index contributed by atoms with van der Waals surface area (Å²) in [6, 6.07) is 9.92. The second-order valence-corrected chi connectivity index (χ2v) is 5.47. The first-order valence-electron chi connectivity index (χ1n) is 5.89. The first kappa shape index (κ1) is 11.8. The molecule has 0 bridgehead atoms. The van der Waals surface area contributed by atoms with Gasteiger partial charge in [-0.3, -0.25) is 4.90 Å². The SMILES string of the molecule is CN1Cc2occc2C(Oc2ccc(Br)cc2)C1. The molecule has 3 nitrogen and oxygen atoms in total. The number of rotatable bonds is 2. The fourth-order valence-electron chi connectivity index (χ4n) is 2.24. The lowest BCUT2D eigenvalue weighted by molar-refractivity contribution is 0.120. The van der Waals surface area contributed by atoms with E-state index in [4.69, 9.17) is 9.15 Å². The fraction of sp³-hybridized carbons (Fsp3) is 0.286. The number of furan rings is 1. The van der Waals surface area contributed by atoms with Crippen LogP contribution in [0.25, 0.3) is 0 Å². The Morgan fingerprint density at radius 3 is 2.83 bits per heavy atom. The number of hydrogen-bond acceptors (Lipinski definition) is 3. The number of likely N-dealkylation sites (N-methyl/N-ethyl adjacent to an activating group) is 1. The average molecular weight is 308 g/mol. The van der Waals surface area contributed by atoms with Gasteiger partial charge in [0, 0.05) is 16.6 Å². The first-order chi connectivity index (χ1) is 8.72. The smallest absolute Gasteiger partial charge is 0.140 e. The van der Waals surface area contributed by atoms with Crippen LogP contribution in [0, 0.1) is 0 Å². The highest BCUT2D eigenvalue weighted by atomic mass is 79.9. The second-order valence-electron chi connectivity index (χ2n) is 4.56. The minimum absolute atomic E-state index is 0.0404. The summed E-state index contributed by atoms with van der Waals surface area (Å²) in [5.41, 5.74) is 1.16. The molecule has 0 amide bonds. The summed E-state index contributed by atoms with van der Waals surface area (Å²) in [5.74, 6) is 1.89. The molecule has 1 aliphatic heterocycles. The molecule has 1 atom stereocenters. The zero-order valence-electron chi connectivity index (χ0n) is 10.1. The Balaban J connectivity index is 1.83. The number of benzene rings is 1. The molecule has 0 aliphatic carbocycles. The third-order valence-electron chi connectivity index (χ3n) is 3.11. The van der Waals surface area contributed by atoms with Crippen LogP contribution in [0.5, 0.6) is 5.75 Å². The van der Waals surface area contributed by atoms with Gasteiger partial charge in [-0.15, -0.1) is 0 Å². The van der Waals surface area contributed by atoms with Crippen LogP contribution in [0.3, 0.4) is 0 Å². The molecule has 2 aromatic rings. The summed E-state index contributed by atoms with van der Waals surface area (Å²) in [4.78, 5) is 2.20. The van der Waals surface area contributed by atoms with E-state index in [2.05, 4.69) is 27.9 Å². The number of nitrogens with zero attached hydrogens (tertiary/aromatic N) is 1. The normalized spacial score (nSPS) is 19.6. The van der Waals surface area contributed by atoms with Crippen LogP contribution in [0.2, 0.25) is 0 Å². The largest absolute Gasteiger partial charge is 0.484 e. The Bertz CT molecular complexity index is 535. The van der Waals surface area contributed by atoms with Gasteiger partial charge in [0.2, 0.25) is 0 Å². The van der Waals surface area contributed by atoms with Crippen molar-refractivity contribution < 1.29 is 9.15 Å². The van der Waals surface area contributed by atoms with Crippen molar-refractivity contribution >= 4 is 15.9 Å². The minimum atomic E-state index is 0.0404. The monoisotopic (exact) mass is 307 g/mol. The molecule has 1 aliphatic rings. The lowest BCUT2D eigenvalue weighted by Gasteiger charge is -2.29. The van der Waals surface area contributed by atoms with Gasteiger partial charge in [-0.05, 0) is 37.4 Å². The minimum Gasteiger partial charge on any atom is -0.484 e. The van der Waals surface area contributed by atoms with Crippen LogP contribution < -0.4 is 4.74 Å². The van der Waals surface area contributed by atoms with Gasteiger partial charge in [-0.2, -0.15) is 0 Å². The standard InChI is InChI=1S/C14H14BrNO2/c1-16-8-13-12(6-7-17-13)14(9-16)18-11-4-2-10(15)3-5-11/h2-7,14H,8-9H2,1H3. The Morgan fingerprint density at radius 2 is 2.06 bits per heavy atom. The highest BCUT2D eigenvalue weighted by Gasteiger charge is 2.27. The van der Waals surface area contributed by atoms with Crippen LogP contribution in [0.1, 0.15) is 17.4 Å². The molecular formula is C14H14BrNO2. The van der Waals surface area contributed by atoms with Crippen molar-refractivity contribution in [3.05, 3.63) is 52.4 Å². The van der Waals surface area contributed by atoms with Crippen LogP contribution in [0.15, 0.2) is 45.5 Å². The van der Waals surface area contributed by atoms with Gasteiger partial charge < -0.3 is 9.15 Å². The van der Waals surface area contributed by atoms with Crippen molar-refractivity contribution in [2.75, 3.05) is 13.6 Å². The van der Waals surface area contributed by atoms with E-state index in [9.17, 15) is 0 Å². The van der Waals surface area contributed by atoms with Gasteiger partial charge in [0.05, 0.1) is 12.8 Å². The highest BCUT2D eigenvalue weighted by Crippen LogP contribution is 2.31. The highest BCUT2D eigenvalue weighted by molar-refractivity contribution is 9.10. The summed E-state index contributed by atoms with van der Waals surface area (Å²) in [6.45, 7) is 1.73. The number of hydrogen-bond donors (Lipinski definition) is 0. The van der Waals surface area contributed by atoms with Gasteiger partial charge in [0.1, 0.15) is 17.6 Å². The number of ether oxygens (including phenoxy) is 1. The van der Waals surface area contributed by atoms with Crippen molar-refractivity contribution in [1.82, 2.24) is 4.90 Å².